The zero-order chi connectivity index (χ0) is 27.8. The van der Waals surface area contributed by atoms with Gasteiger partial charge in [-0.25, -0.2) is 8.42 Å². The van der Waals surface area contributed by atoms with Gasteiger partial charge < -0.3 is 26.1 Å². The summed E-state index contributed by atoms with van der Waals surface area (Å²) >= 11 is 0. The molecular weight excluding hydrogens is 517 g/mol. The van der Waals surface area contributed by atoms with Gasteiger partial charge in [0.25, 0.3) is 5.56 Å². The molecule has 0 unspecified atom stereocenters. The predicted octanol–water partition coefficient (Wildman–Crippen LogP) is 0.855. The first kappa shape index (κ1) is 29.4. The fourth-order valence-corrected chi connectivity index (χ4v) is 4.59. The Balaban J connectivity index is 2.16. The van der Waals surface area contributed by atoms with Crippen molar-refractivity contribution in [3.05, 3.63) is 63.6 Å². The van der Waals surface area contributed by atoms with Crippen LogP contribution in [0.5, 0.6) is 0 Å². The first-order valence-electron chi connectivity index (χ1n) is 10.9. The van der Waals surface area contributed by atoms with E-state index in [2.05, 4.69) is 10.3 Å². The summed E-state index contributed by atoms with van der Waals surface area (Å²) in [6.07, 6.45) is -3.61. The molecule has 1 aromatic carbocycles. The maximum absolute atomic E-state index is 13.2. The molecule has 0 saturated heterocycles. The lowest BCUT2D eigenvalue weighted by molar-refractivity contribution is -0.138. The Labute approximate surface area is 210 Å². The van der Waals surface area contributed by atoms with Gasteiger partial charge in [0, 0.05) is 12.2 Å². The van der Waals surface area contributed by atoms with Crippen LogP contribution in [0.25, 0.3) is 0 Å². The minimum atomic E-state index is -4.76. The minimum absolute atomic E-state index is 0.110. The highest BCUT2D eigenvalue weighted by molar-refractivity contribution is 7.91. The monoisotopic (exact) mass is 544 g/mol. The topological polar surface area (TPSA) is 179 Å². The number of hydrogen-bond donors (Lipinski definition) is 4. The molecule has 0 bridgehead atoms. The molecular formula is C22H27F3N6O5S. The average Bonchev–Trinajstić information content (AvgIpc) is 2.79. The Bertz CT molecular complexity index is 1320. The lowest BCUT2D eigenvalue weighted by Crippen LogP contribution is -2.40. The van der Waals surface area contributed by atoms with Crippen LogP contribution in [-0.4, -0.2) is 43.7 Å². The third kappa shape index (κ3) is 8.93. The molecule has 11 nitrogen and oxygen atoms in total. The molecule has 1 aromatic heterocycles. The Morgan fingerprint density at radius 3 is 2.49 bits per heavy atom. The highest BCUT2D eigenvalue weighted by atomic mass is 32.2. The number of nitrogens with two attached hydrogens (primary N) is 2. The number of hydrogen-bond acceptors (Lipinski definition) is 6. The summed E-state index contributed by atoms with van der Waals surface area (Å²) in [5, 5.41) is 2.46. The number of nitrogens with one attached hydrogen (secondary N) is 2. The van der Waals surface area contributed by atoms with E-state index in [4.69, 9.17) is 11.5 Å². The minimum Gasteiger partial charge on any atom is -0.370 e. The van der Waals surface area contributed by atoms with Crippen LogP contribution in [0.2, 0.25) is 0 Å². The van der Waals surface area contributed by atoms with Gasteiger partial charge in [-0.15, -0.1) is 0 Å². The largest absolute Gasteiger partial charge is 0.416 e. The third-order valence-corrected chi connectivity index (χ3v) is 6.33. The van der Waals surface area contributed by atoms with Crippen molar-refractivity contribution in [2.75, 3.05) is 11.3 Å². The van der Waals surface area contributed by atoms with E-state index in [1.165, 1.54) is 19.1 Å². The fourth-order valence-electron chi connectivity index (χ4n) is 3.37. The first-order valence-corrected chi connectivity index (χ1v) is 12.5. The number of halogens is 3. The number of aliphatic imine (C=N–C) groups is 1. The number of rotatable bonds is 12. The second kappa shape index (κ2) is 12.4. The molecule has 1 atom stereocenters. The molecule has 0 saturated carbocycles. The van der Waals surface area contributed by atoms with E-state index in [1.807, 2.05) is 4.72 Å². The van der Waals surface area contributed by atoms with Gasteiger partial charge in [-0.3, -0.25) is 19.3 Å². The van der Waals surface area contributed by atoms with Gasteiger partial charge in [0.15, 0.2) is 5.96 Å². The lowest BCUT2D eigenvalue weighted by atomic mass is 10.1. The number of guanidine groups is 1. The Hall–Kier alpha value is -3.88. The molecule has 0 aliphatic rings. The zero-order valence-corrected chi connectivity index (χ0v) is 20.6. The molecule has 1 amide bonds. The predicted molar refractivity (Wildman–Crippen MR) is 131 cm³/mol. The Morgan fingerprint density at radius 2 is 1.86 bits per heavy atom. The van der Waals surface area contributed by atoms with E-state index >= 15 is 0 Å². The van der Waals surface area contributed by atoms with E-state index in [1.54, 1.807) is 0 Å². The number of pyridine rings is 1. The number of benzene rings is 1. The molecule has 0 aliphatic carbocycles. The van der Waals surface area contributed by atoms with Crippen molar-refractivity contribution < 1.29 is 31.2 Å². The highest BCUT2D eigenvalue weighted by Gasteiger charge is 2.34. The van der Waals surface area contributed by atoms with Gasteiger partial charge in [-0.2, -0.15) is 13.2 Å². The number of aldehydes is 1. The second-order valence-corrected chi connectivity index (χ2v) is 9.78. The van der Waals surface area contributed by atoms with Crippen LogP contribution in [0, 0.1) is 6.92 Å². The van der Waals surface area contributed by atoms with E-state index in [-0.39, 0.29) is 18.9 Å². The van der Waals surface area contributed by atoms with Gasteiger partial charge in [0.05, 0.1) is 17.4 Å². The van der Waals surface area contributed by atoms with Crippen LogP contribution in [-0.2, 0) is 38.1 Å². The van der Waals surface area contributed by atoms with Crippen LogP contribution < -0.4 is 27.1 Å². The molecule has 0 radical (unpaired) electrons. The molecule has 2 rings (SSSR count). The van der Waals surface area contributed by atoms with Gasteiger partial charge in [0.2, 0.25) is 15.9 Å². The lowest BCUT2D eigenvalue weighted by Gasteiger charge is -2.16. The number of carbonyl (C=O) groups excluding carboxylic acids is 2. The SMILES string of the molecule is Cc1ccc(NS(=O)(=O)Cc2ccccc2C(F)(F)F)c(=O)n1CC(=O)N[C@H](C=O)CCCN=C(N)N. The van der Waals surface area contributed by atoms with Crippen LogP contribution in [0.15, 0.2) is 46.2 Å². The summed E-state index contributed by atoms with van der Waals surface area (Å²) in [4.78, 5) is 40.4. The first-order chi connectivity index (χ1) is 17.2. The number of anilines is 1. The highest BCUT2D eigenvalue weighted by Crippen LogP contribution is 2.32. The summed E-state index contributed by atoms with van der Waals surface area (Å²) in [5.74, 6) is -1.83. The summed E-state index contributed by atoms with van der Waals surface area (Å²) in [6, 6.07) is 5.84. The van der Waals surface area contributed by atoms with E-state index in [9.17, 15) is 36.0 Å². The normalized spacial score (nSPS) is 12.4. The van der Waals surface area contributed by atoms with Crippen molar-refractivity contribution in [1.82, 2.24) is 9.88 Å². The number of aromatic nitrogens is 1. The van der Waals surface area contributed by atoms with Crippen molar-refractivity contribution in [2.45, 2.75) is 44.3 Å². The van der Waals surface area contributed by atoms with Crippen molar-refractivity contribution in [3.63, 3.8) is 0 Å². The van der Waals surface area contributed by atoms with E-state index in [0.29, 0.717) is 18.4 Å². The molecule has 1 heterocycles. The Kier molecular flexibility index (Phi) is 9.82. The van der Waals surface area contributed by atoms with Gasteiger partial charge in [0.1, 0.15) is 18.5 Å². The van der Waals surface area contributed by atoms with E-state index < -0.39 is 62.8 Å². The van der Waals surface area contributed by atoms with Gasteiger partial charge >= 0.3 is 6.18 Å². The molecule has 15 heteroatoms. The third-order valence-electron chi connectivity index (χ3n) is 5.11. The smallest absolute Gasteiger partial charge is 0.370 e. The standard InChI is InChI=1S/C22H27F3N6O5S/c1-14-8-9-18(30-37(35,36)13-15-5-2-3-7-17(15)22(23,24)25)20(34)31(14)11-19(33)29-16(12-32)6-4-10-28-21(26)27/h2-3,5,7-9,12,16,30H,4,6,10-11,13H2,1H3,(H,29,33)(H4,26,27,28)/t16-/m0/s1. The van der Waals surface area contributed by atoms with Crippen LogP contribution in [0.1, 0.15) is 29.7 Å². The number of carbonyl (C=O) groups is 2. The van der Waals surface area contributed by atoms with Crippen LogP contribution in [0.3, 0.4) is 0 Å². The molecule has 202 valence electrons. The molecule has 2 aromatic rings. The number of nitrogens with zero attached hydrogens (tertiary/aromatic N) is 2. The molecule has 0 aliphatic heterocycles. The molecule has 0 fully saturated rings. The molecule has 6 N–H and O–H groups in total. The van der Waals surface area contributed by atoms with Crippen LogP contribution >= 0.6 is 0 Å². The van der Waals surface area contributed by atoms with Gasteiger partial charge in [-0.1, -0.05) is 18.2 Å². The number of amides is 1. The Morgan fingerprint density at radius 1 is 1.19 bits per heavy atom. The number of alkyl halides is 3. The van der Waals surface area contributed by atoms with Crippen LogP contribution in [0.4, 0.5) is 18.9 Å². The second-order valence-electron chi connectivity index (χ2n) is 8.05. The number of sulfonamides is 1. The van der Waals surface area contributed by atoms with E-state index in [0.717, 1.165) is 28.8 Å². The maximum atomic E-state index is 13.2. The number of aryl methyl sites for hydroxylation is 1. The summed E-state index contributed by atoms with van der Waals surface area (Å²) in [5.41, 5.74) is 7.80. The molecule has 0 spiro atoms. The maximum Gasteiger partial charge on any atom is 0.416 e. The van der Waals surface area contributed by atoms with Crippen molar-refractivity contribution in [1.29, 1.82) is 0 Å². The van der Waals surface area contributed by atoms with Crippen molar-refractivity contribution in [3.8, 4) is 0 Å². The van der Waals surface area contributed by atoms with Crippen molar-refractivity contribution >= 4 is 33.9 Å². The van der Waals surface area contributed by atoms with Gasteiger partial charge in [-0.05, 0) is 43.5 Å². The summed E-state index contributed by atoms with van der Waals surface area (Å²) < 4.78 is 67.8. The summed E-state index contributed by atoms with van der Waals surface area (Å²) in [7, 11) is -4.43. The average molecular weight is 545 g/mol. The van der Waals surface area contributed by atoms with Crippen molar-refractivity contribution in [2.24, 2.45) is 16.5 Å². The molecule has 37 heavy (non-hydrogen) atoms. The summed E-state index contributed by atoms with van der Waals surface area (Å²) in [6.45, 7) is 1.21. The quantitative estimate of drug-likeness (QED) is 0.132. The fraction of sp³-hybridized carbons (Fsp3) is 0.364. The zero-order valence-electron chi connectivity index (χ0n) is 19.8.